The smallest absolute Gasteiger partial charge is 0.380 e. The van der Waals surface area contributed by atoms with Crippen LogP contribution < -0.4 is 0 Å². The Morgan fingerprint density at radius 1 is 1.19 bits per heavy atom. The van der Waals surface area contributed by atoms with Gasteiger partial charge in [-0.2, -0.15) is 13.2 Å². The number of ether oxygens (including phenoxy) is 1. The maximum atomic E-state index is 13.0. The highest BCUT2D eigenvalue weighted by atomic mass is 19.4. The van der Waals surface area contributed by atoms with Crippen LogP contribution in [-0.2, 0) is 22.7 Å². The van der Waals surface area contributed by atoms with Crippen molar-refractivity contribution in [3.63, 3.8) is 0 Å². The molecular formula is C26H32F3NO2. The van der Waals surface area contributed by atoms with Crippen LogP contribution in [0.4, 0.5) is 13.2 Å². The van der Waals surface area contributed by atoms with Crippen LogP contribution in [0.15, 0.2) is 48.5 Å². The molecule has 0 bridgehead atoms. The minimum absolute atomic E-state index is 0.0914. The summed E-state index contributed by atoms with van der Waals surface area (Å²) in [4.78, 5) is 15.2. The number of Topliss-reactive ketones (excluding diaryl/α,β-unsaturated/α-hetero) is 1. The summed E-state index contributed by atoms with van der Waals surface area (Å²) in [6.45, 7) is 3.53. The molecule has 2 aromatic rings. The van der Waals surface area contributed by atoms with Gasteiger partial charge in [-0.05, 0) is 56.0 Å². The van der Waals surface area contributed by atoms with Crippen LogP contribution in [0, 0.1) is 0 Å². The molecule has 0 aliphatic carbocycles. The summed E-state index contributed by atoms with van der Waals surface area (Å²) in [5.41, 5.74) is 1.28. The van der Waals surface area contributed by atoms with Crippen molar-refractivity contribution >= 4 is 5.78 Å². The third-order valence-electron chi connectivity index (χ3n) is 6.60. The molecule has 0 spiro atoms. The van der Waals surface area contributed by atoms with Gasteiger partial charge in [0.15, 0.2) is 5.78 Å². The Kier molecular flexibility index (Phi) is 7.78. The summed E-state index contributed by atoms with van der Waals surface area (Å²) >= 11 is 0. The van der Waals surface area contributed by atoms with Crippen LogP contribution in [0.3, 0.4) is 0 Å². The monoisotopic (exact) mass is 447 g/mol. The van der Waals surface area contributed by atoms with Gasteiger partial charge in [0, 0.05) is 37.6 Å². The molecule has 2 aromatic carbocycles. The molecular weight excluding hydrogens is 415 g/mol. The molecule has 1 aliphatic rings. The second kappa shape index (κ2) is 10.2. The van der Waals surface area contributed by atoms with Crippen molar-refractivity contribution < 1.29 is 22.7 Å². The topological polar surface area (TPSA) is 29.5 Å². The number of nitrogens with zero attached hydrogens (tertiary/aromatic N) is 1. The lowest BCUT2D eigenvalue weighted by Crippen LogP contribution is -2.51. The fourth-order valence-electron chi connectivity index (χ4n) is 5.03. The Bertz CT molecular complexity index is 913. The third kappa shape index (κ3) is 5.59. The largest absolute Gasteiger partial charge is 0.416 e. The Balaban J connectivity index is 1.76. The van der Waals surface area contributed by atoms with Gasteiger partial charge in [0.2, 0.25) is 0 Å². The lowest BCUT2D eigenvalue weighted by atomic mass is 9.70. The standard InChI is InChI=1S/C26H32F3NO2/c1-4-19-15-21(26(27,28)29)12-13-23(19)24(31)11-8-14-25(20-9-6-5-7-10-20)16-22(32-3)17-30(2)18-25/h5-7,9-10,12-13,15,22H,4,8,11,14,16-18H2,1-3H3/t22-,25+/m0/s1. The molecule has 3 rings (SSSR count). The molecule has 0 amide bonds. The summed E-state index contributed by atoms with van der Waals surface area (Å²) in [6.07, 6.45) is -1.22. The van der Waals surface area contributed by atoms with Gasteiger partial charge in [-0.1, -0.05) is 43.3 Å². The van der Waals surface area contributed by atoms with Crippen molar-refractivity contribution in [2.45, 2.75) is 56.7 Å². The van der Waals surface area contributed by atoms with E-state index in [0.717, 1.165) is 38.1 Å². The van der Waals surface area contributed by atoms with Crippen molar-refractivity contribution in [3.05, 3.63) is 70.8 Å². The Morgan fingerprint density at radius 2 is 1.91 bits per heavy atom. The molecule has 174 valence electrons. The molecule has 1 saturated heterocycles. The zero-order valence-corrected chi connectivity index (χ0v) is 19.0. The van der Waals surface area contributed by atoms with E-state index in [9.17, 15) is 18.0 Å². The predicted octanol–water partition coefficient (Wildman–Crippen LogP) is 5.91. The molecule has 0 radical (unpaired) electrons. The molecule has 32 heavy (non-hydrogen) atoms. The van der Waals surface area contributed by atoms with E-state index in [0.29, 0.717) is 30.4 Å². The van der Waals surface area contributed by atoms with Crippen LogP contribution >= 0.6 is 0 Å². The first kappa shape index (κ1) is 24.5. The van der Waals surface area contributed by atoms with Crippen molar-refractivity contribution in [3.8, 4) is 0 Å². The molecule has 1 fully saturated rings. The number of carbonyl (C=O) groups excluding carboxylic acids is 1. The maximum Gasteiger partial charge on any atom is 0.416 e. The SMILES string of the molecule is CCc1cc(C(F)(F)F)ccc1C(=O)CCC[C@@]1(c2ccccc2)C[C@H](OC)CN(C)C1. The van der Waals surface area contributed by atoms with Crippen molar-refractivity contribution in [1.82, 2.24) is 4.90 Å². The highest BCUT2D eigenvalue weighted by Gasteiger charge is 2.40. The van der Waals surface area contributed by atoms with Crippen LogP contribution in [0.2, 0.25) is 0 Å². The summed E-state index contributed by atoms with van der Waals surface area (Å²) in [5.74, 6) is -0.0914. The number of alkyl halides is 3. The van der Waals surface area contributed by atoms with Gasteiger partial charge in [0.05, 0.1) is 11.7 Å². The van der Waals surface area contributed by atoms with Crippen LogP contribution in [0.5, 0.6) is 0 Å². The first-order valence-electron chi connectivity index (χ1n) is 11.2. The number of aryl methyl sites for hydroxylation is 1. The average Bonchev–Trinajstić information content (AvgIpc) is 2.78. The van der Waals surface area contributed by atoms with Gasteiger partial charge >= 0.3 is 6.18 Å². The normalized spacial score (nSPS) is 22.1. The quantitative estimate of drug-likeness (QED) is 0.471. The molecule has 6 heteroatoms. The molecule has 0 saturated carbocycles. The molecule has 1 heterocycles. The Hall–Kier alpha value is -2.18. The number of hydrogen-bond donors (Lipinski definition) is 0. The van der Waals surface area contributed by atoms with Crippen molar-refractivity contribution in [2.75, 3.05) is 27.2 Å². The van der Waals surface area contributed by atoms with Gasteiger partial charge in [-0.3, -0.25) is 4.79 Å². The summed E-state index contributed by atoms with van der Waals surface area (Å²) in [5, 5.41) is 0. The molecule has 0 aromatic heterocycles. The fourth-order valence-corrected chi connectivity index (χ4v) is 5.03. The van der Waals surface area contributed by atoms with E-state index in [4.69, 9.17) is 4.74 Å². The second-order valence-corrected chi connectivity index (χ2v) is 8.90. The number of halogens is 3. The predicted molar refractivity (Wildman–Crippen MR) is 120 cm³/mol. The average molecular weight is 448 g/mol. The number of methoxy groups -OCH3 is 1. The molecule has 0 N–H and O–H groups in total. The van der Waals surface area contributed by atoms with Gasteiger partial charge in [-0.25, -0.2) is 0 Å². The number of ketones is 1. The van der Waals surface area contributed by atoms with E-state index in [-0.39, 0.29) is 17.3 Å². The molecule has 1 aliphatic heterocycles. The second-order valence-electron chi connectivity index (χ2n) is 8.90. The van der Waals surface area contributed by atoms with E-state index >= 15 is 0 Å². The van der Waals surface area contributed by atoms with Crippen molar-refractivity contribution in [2.24, 2.45) is 0 Å². The van der Waals surface area contributed by atoms with E-state index in [1.54, 1.807) is 14.0 Å². The number of likely N-dealkylation sites (N-methyl/N-ethyl adjacent to an activating group) is 1. The van der Waals surface area contributed by atoms with Gasteiger partial charge in [-0.15, -0.1) is 0 Å². The summed E-state index contributed by atoms with van der Waals surface area (Å²) in [7, 11) is 3.82. The van der Waals surface area contributed by atoms with E-state index in [1.807, 2.05) is 18.2 Å². The Labute approximate surface area is 188 Å². The van der Waals surface area contributed by atoms with E-state index < -0.39 is 11.7 Å². The van der Waals surface area contributed by atoms with E-state index in [2.05, 4.69) is 24.1 Å². The number of rotatable bonds is 8. The lowest BCUT2D eigenvalue weighted by Gasteiger charge is -2.45. The maximum absolute atomic E-state index is 13.0. The van der Waals surface area contributed by atoms with Gasteiger partial charge < -0.3 is 9.64 Å². The number of likely N-dealkylation sites (tertiary alicyclic amines) is 1. The number of hydrogen-bond acceptors (Lipinski definition) is 3. The van der Waals surface area contributed by atoms with Crippen LogP contribution in [-0.4, -0.2) is 44.0 Å². The third-order valence-corrected chi connectivity index (χ3v) is 6.60. The highest BCUT2D eigenvalue weighted by Crippen LogP contribution is 2.39. The molecule has 0 unspecified atom stereocenters. The highest BCUT2D eigenvalue weighted by molar-refractivity contribution is 5.97. The Morgan fingerprint density at radius 3 is 2.53 bits per heavy atom. The molecule has 2 atom stereocenters. The van der Waals surface area contributed by atoms with E-state index in [1.165, 1.54) is 11.6 Å². The van der Waals surface area contributed by atoms with Crippen LogP contribution in [0.1, 0.15) is 59.7 Å². The fraction of sp³-hybridized carbons (Fsp3) is 0.500. The minimum atomic E-state index is -4.40. The lowest BCUT2D eigenvalue weighted by molar-refractivity contribution is -0.137. The number of benzene rings is 2. The van der Waals surface area contributed by atoms with Gasteiger partial charge in [0.25, 0.3) is 0 Å². The minimum Gasteiger partial charge on any atom is -0.380 e. The van der Waals surface area contributed by atoms with Gasteiger partial charge in [0.1, 0.15) is 0 Å². The number of carbonyl (C=O) groups is 1. The summed E-state index contributed by atoms with van der Waals surface area (Å²) in [6, 6.07) is 13.8. The first-order valence-corrected chi connectivity index (χ1v) is 11.2. The first-order chi connectivity index (χ1) is 15.2. The molecule has 3 nitrogen and oxygen atoms in total. The number of piperidine rings is 1. The zero-order valence-electron chi connectivity index (χ0n) is 19.0. The van der Waals surface area contributed by atoms with Crippen molar-refractivity contribution in [1.29, 1.82) is 0 Å². The zero-order chi connectivity index (χ0) is 23.4. The van der Waals surface area contributed by atoms with Crippen LogP contribution in [0.25, 0.3) is 0 Å². The summed E-state index contributed by atoms with van der Waals surface area (Å²) < 4.78 is 44.8.